The monoisotopic (exact) mass is 652 g/mol. The molecular weight excluding hydrogens is 614 g/mol. The Kier molecular flexibility index (Phi) is 9.19. The van der Waals surface area contributed by atoms with Gasteiger partial charge >= 0.3 is 5.69 Å². The Hall–Kier alpha value is -4.67. The summed E-state index contributed by atoms with van der Waals surface area (Å²) in [6.07, 6.45) is 5.32. The summed E-state index contributed by atoms with van der Waals surface area (Å²) in [6.45, 7) is 3.49. The van der Waals surface area contributed by atoms with Crippen LogP contribution in [0.1, 0.15) is 49.3 Å². The number of aromatic hydroxyl groups is 1. The van der Waals surface area contributed by atoms with E-state index in [-0.39, 0.29) is 28.6 Å². The van der Waals surface area contributed by atoms with Gasteiger partial charge in [0.05, 0.1) is 30.5 Å². The van der Waals surface area contributed by atoms with Crippen molar-refractivity contribution in [2.75, 3.05) is 26.3 Å². The molecule has 1 aliphatic heterocycles. The van der Waals surface area contributed by atoms with Gasteiger partial charge in [0.1, 0.15) is 17.4 Å². The number of nitrogens with zero attached hydrogens (tertiary/aromatic N) is 4. The lowest BCUT2D eigenvalue weighted by Gasteiger charge is -2.30. The molecule has 0 unspecified atom stereocenters. The van der Waals surface area contributed by atoms with E-state index in [1.807, 2.05) is 36.4 Å². The molecule has 248 valence electrons. The molecule has 2 fully saturated rings. The van der Waals surface area contributed by atoms with Crippen molar-refractivity contribution >= 4 is 11.0 Å². The highest BCUT2D eigenvalue weighted by molar-refractivity contribution is 5.77. The minimum Gasteiger partial charge on any atom is -0.508 e. The molecule has 0 spiro atoms. The number of phenols is 1. The Morgan fingerprint density at radius 1 is 0.875 bits per heavy atom. The van der Waals surface area contributed by atoms with Crippen LogP contribution in [0, 0.1) is 17.6 Å². The van der Waals surface area contributed by atoms with Gasteiger partial charge < -0.3 is 9.84 Å². The average molecular weight is 653 g/mol. The molecule has 3 aromatic carbocycles. The molecule has 1 saturated heterocycles. The summed E-state index contributed by atoms with van der Waals surface area (Å²) in [7, 11) is 0. The van der Waals surface area contributed by atoms with Crippen LogP contribution in [-0.2, 0) is 17.7 Å². The van der Waals surface area contributed by atoms with E-state index in [4.69, 9.17) is 4.74 Å². The molecule has 8 nitrogen and oxygen atoms in total. The van der Waals surface area contributed by atoms with Crippen molar-refractivity contribution in [1.82, 2.24) is 19.0 Å². The summed E-state index contributed by atoms with van der Waals surface area (Å²) < 4.78 is 36.9. The van der Waals surface area contributed by atoms with Gasteiger partial charge in [0.15, 0.2) is 5.65 Å². The molecule has 0 radical (unpaired) electrons. The first-order valence-electron chi connectivity index (χ1n) is 16.6. The zero-order valence-corrected chi connectivity index (χ0v) is 26.7. The summed E-state index contributed by atoms with van der Waals surface area (Å²) in [6, 6.07) is 20.3. The van der Waals surface area contributed by atoms with Crippen molar-refractivity contribution in [3.05, 3.63) is 123 Å². The van der Waals surface area contributed by atoms with Crippen molar-refractivity contribution in [3.63, 3.8) is 0 Å². The van der Waals surface area contributed by atoms with E-state index in [2.05, 4.69) is 9.88 Å². The number of pyridine rings is 1. The standard InChI is InChI=1S/C38H38F2N4O4/c39-29-22-34-36(41-23-29)43(31-6-3-5-27(20-31)33-15-14-32(45)21-28(33)24-42-16-18-48-19-17-42)38(47)44(37(34)46)30-12-9-25(10-13-30)8-11-26-4-1-2-7-35(26)40/h1-7,14-15,20-23,25,30,45H,8-13,16-19,24H2. The van der Waals surface area contributed by atoms with Crippen LogP contribution < -0.4 is 11.2 Å². The first kappa shape index (κ1) is 31.9. The number of benzene rings is 3. The number of halogens is 2. The number of hydrogen-bond donors (Lipinski definition) is 1. The molecule has 0 atom stereocenters. The summed E-state index contributed by atoms with van der Waals surface area (Å²) in [5.74, 6) is -0.329. The topological polar surface area (TPSA) is 89.6 Å². The van der Waals surface area contributed by atoms with Crippen molar-refractivity contribution in [2.24, 2.45) is 5.92 Å². The molecule has 5 aromatic rings. The van der Waals surface area contributed by atoms with Crippen LogP contribution in [0.4, 0.5) is 8.78 Å². The number of rotatable bonds is 8. The van der Waals surface area contributed by atoms with E-state index in [1.165, 1.54) is 15.2 Å². The fourth-order valence-electron chi connectivity index (χ4n) is 7.30. The van der Waals surface area contributed by atoms with Gasteiger partial charge in [0, 0.05) is 25.7 Å². The first-order valence-corrected chi connectivity index (χ1v) is 16.6. The predicted molar refractivity (Wildman–Crippen MR) is 180 cm³/mol. The molecule has 1 aliphatic carbocycles. The highest BCUT2D eigenvalue weighted by atomic mass is 19.1. The Labute approximate surface area is 276 Å². The van der Waals surface area contributed by atoms with Crippen LogP contribution in [0.15, 0.2) is 88.6 Å². The van der Waals surface area contributed by atoms with Crippen LogP contribution in [0.5, 0.6) is 5.75 Å². The van der Waals surface area contributed by atoms with Crippen LogP contribution in [0.3, 0.4) is 0 Å². The normalized spacial score (nSPS) is 18.7. The number of fused-ring (bicyclic) bond motifs is 1. The molecule has 48 heavy (non-hydrogen) atoms. The molecular formula is C38H38F2N4O4. The Morgan fingerprint density at radius 3 is 2.46 bits per heavy atom. The number of morpholine rings is 1. The number of aromatic nitrogens is 3. The minimum atomic E-state index is -0.654. The highest BCUT2D eigenvalue weighted by Crippen LogP contribution is 2.34. The third kappa shape index (κ3) is 6.55. The summed E-state index contributed by atoms with van der Waals surface area (Å²) in [4.78, 5) is 34.7. The number of aryl methyl sites for hydroxylation is 1. The third-order valence-corrected chi connectivity index (χ3v) is 9.85. The fourth-order valence-corrected chi connectivity index (χ4v) is 7.30. The summed E-state index contributed by atoms with van der Waals surface area (Å²) >= 11 is 0. The highest BCUT2D eigenvalue weighted by Gasteiger charge is 2.27. The lowest BCUT2D eigenvalue weighted by molar-refractivity contribution is 0.0342. The van der Waals surface area contributed by atoms with Crippen LogP contribution in [0.2, 0.25) is 0 Å². The minimum absolute atomic E-state index is 0.0410. The molecule has 10 heteroatoms. The van der Waals surface area contributed by atoms with Gasteiger partial charge in [-0.05, 0) is 103 Å². The van der Waals surface area contributed by atoms with Gasteiger partial charge in [-0.2, -0.15) is 0 Å². The maximum atomic E-state index is 14.5. The Morgan fingerprint density at radius 2 is 1.67 bits per heavy atom. The third-order valence-electron chi connectivity index (χ3n) is 9.85. The van der Waals surface area contributed by atoms with Crippen LogP contribution in [0.25, 0.3) is 27.8 Å². The zero-order chi connectivity index (χ0) is 33.2. The molecule has 1 N–H and O–H groups in total. The fraction of sp³-hybridized carbons (Fsp3) is 0.342. The predicted octanol–water partition coefficient (Wildman–Crippen LogP) is 6.39. The first-order chi connectivity index (χ1) is 23.4. The van der Waals surface area contributed by atoms with Crippen molar-refractivity contribution in [1.29, 1.82) is 0 Å². The molecule has 1 saturated carbocycles. The van der Waals surface area contributed by atoms with Gasteiger partial charge in [0.25, 0.3) is 5.56 Å². The van der Waals surface area contributed by atoms with E-state index < -0.39 is 17.1 Å². The van der Waals surface area contributed by atoms with E-state index in [0.29, 0.717) is 56.2 Å². The van der Waals surface area contributed by atoms with Crippen molar-refractivity contribution < 1.29 is 18.6 Å². The van der Waals surface area contributed by atoms with Gasteiger partial charge in [-0.15, -0.1) is 0 Å². The van der Waals surface area contributed by atoms with Gasteiger partial charge in [-0.3, -0.25) is 14.3 Å². The second kappa shape index (κ2) is 13.8. The second-order valence-corrected chi connectivity index (χ2v) is 12.9. The molecule has 2 aliphatic rings. The van der Waals surface area contributed by atoms with Gasteiger partial charge in [-0.25, -0.2) is 23.1 Å². The van der Waals surface area contributed by atoms with Gasteiger partial charge in [-0.1, -0.05) is 36.4 Å². The lowest BCUT2D eigenvalue weighted by Crippen LogP contribution is -2.43. The maximum absolute atomic E-state index is 14.5. The largest absolute Gasteiger partial charge is 0.508 e. The van der Waals surface area contributed by atoms with Crippen molar-refractivity contribution in [3.8, 4) is 22.6 Å². The smallest absolute Gasteiger partial charge is 0.337 e. The average Bonchev–Trinajstić information content (AvgIpc) is 3.09. The zero-order valence-electron chi connectivity index (χ0n) is 26.7. The molecule has 3 heterocycles. The van der Waals surface area contributed by atoms with Gasteiger partial charge in [0.2, 0.25) is 0 Å². The molecule has 0 bridgehead atoms. The van der Waals surface area contributed by atoms with E-state index in [0.717, 1.165) is 61.3 Å². The van der Waals surface area contributed by atoms with Crippen molar-refractivity contribution in [2.45, 2.75) is 51.1 Å². The number of ether oxygens (including phenoxy) is 1. The van der Waals surface area contributed by atoms with Crippen LogP contribution in [-0.4, -0.2) is 50.4 Å². The molecule has 7 rings (SSSR count). The summed E-state index contributed by atoms with van der Waals surface area (Å²) in [5.41, 5.74) is 2.89. The Bertz CT molecular complexity index is 2060. The van der Waals surface area contributed by atoms with E-state index >= 15 is 0 Å². The van der Waals surface area contributed by atoms with Crippen LogP contribution >= 0.6 is 0 Å². The SMILES string of the molecule is O=c1c2cc(F)cnc2n(-c2cccc(-c3ccc(O)cc3CN3CCOCC3)c2)c(=O)n1C1CCC(CCc2ccccc2F)CC1. The quantitative estimate of drug-likeness (QED) is 0.209. The van der Waals surface area contributed by atoms with E-state index in [9.17, 15) is 23.5 Å². The number of phenolic OH excluding ortho intramolecular Hbond substituents is 1. The number of hydrogen-bond acceptors (Lipinski definition) is 6. The summed E-state index contributed by atoms with van der Waals surface area (Å²) in [5, 5.41) is 10.4. The maximum Gasteiger partial charge on any atom is 0.337 e. The lowest BCUT2D eigenvalue weighted by atomic mass is 9.82. The Balaban J connectivity index is 1.23. The second-order valence-electron chi connectivity index (χ2n) is 12.9. The molecule has 2 aromatic heterocycles. The van der Waals surface area contributed by atoms with E-state index in [1.54, 1.807) is 24.3 Å². The molecule has 0 amide bonds.